The van der Waals surface area contributed by atoms with E-state index in [9.17, 15) is 4.57 Å². The first-order valence-corrected chi connectivity index (χ1v) is 6.92. The van der Waals surface area contributed by atoms with Crippen molar-refractivity contribution in [3.63, 3.8) is 0 Å². The molecule has 0 saturated carbocycles. The summed E-state index contributed by atoms with van der Waals surface area (Å²) in [7, 11) is -3.39. The Balaban J connectivity index is 2.90. The molecule has 0 saturated heterocycles. The van der Waals surface area contributed by atoms with Crippen molar-refractivity contribution in [1.82, 2.24) is 0 Å². The van der Waals surface area contributed by atoms with E-state index in [2.05, 4.69) is 0 Å². The Morgan fingerprint density at radius 2 is 2.00 bits per heavy atom. The van der Waals surface area contributed by atoms with Gasteiger partial charge in [-0.25, -0.2) is 0 Å². The molecule has 1 aromatic heterocycles. The highest BCUT2D eigenvalue weighted by atomic mass is 35.5. The number of rotatable bonds is 6. The maximum absolute atomic E-state index is 12.3. The Morgan fingerprint density at radius 3 is 2.38 bits per heavy atom. The van der Waals surface area contributed by atoms with E-state index in [0.717, 1.165) is 0 Å². The van der Waals surface area contributed by atoms with Crippen molar-refractivity contribution < 1.29 is 18.0 Å². The van der Waals surface area contributed by atoms with E-state index in [1.807, 2.05) is 0 Å². The molecule has 1 heterocycles. The fourth-order valence-electron chi connectivity index (χ4n) is 1.20. The maximum Gasteiger partial charge on any atom is 0.354 e. The van der Waals surface area contributed by atoms with Gasteiger partial charge in [0.1, 0.15) is 5.76 Å². The molecule has 2 N–H and O–H groups in total. The lowest BCUT2D eigenvalue weighted by molar-refractivity contribution is 0.209. The van der Waals surface area contributed by atoms with Gasteiger partial charge in [-0.1, -0.05) is 0 Å². The predicted molar refractivity (Wildman–Crippen MR) is 61.5 cm³/mol. The summed E-state index contributed by atoms with van der Waals surface area (Å²) in [6.07, 6.45) is 0. The van der Waals surface area contributed by atoms with Gasteiger partial charge in [-0.2, -0.15) is 0 Å². The molecule has 7 heteroatoms. The second kappa shape index (κ2) is 5.84. The van der Waals surface area contributed by atoms with Crippen LogP contribution in [0.3, 0.4) is 0 Å². The third kappa shape index (κ3) is 3.09. The van der Waals surface area contributed by atoms with Gasteiger partial charge in [0.2, 0.25) is 0 Å². The number of furan rings is 1. The molecule has 0 radical (unpaired) electrons. The lowest BCUT2D eigenvalue weighted by atomic mass is 10.4. The second-order valence-electron chi connectivity index (χ2n) is 2.96. The van der Waals surface area contributed by atoms with Crippen molar-refractivity contribution in [2.24, 2.45) is 5.73 Å². The molecule has 0 unspecified atom stereocenters. The zero-order valence-corrected chi connectivity index (χ0v) is 10.8. The summed E-state index contributed by atoms with van der Waals surface area (Å²) in [6, 6.07) is 3.08. The Morgan fingerprint density at radius 1 is 1.44 bits per heavy atom. The van der Waals surface area contributed by atoms with E-state index in [-0.39, 0.29) is 24.2 Å². The number of hydrogen-bond donors (Lipinski definition) is 1. The van der Waals surface area contributed by atoms with Gasteiger partial charge in [0, 0.05) is 0 Å². The third-order valence-electron chi connectivity index (χ3n) is 1.84. The summed E-state index contributed by atoms with van der Waals surface area (Å²) in [5.41, 5.74) is 5.79. The van der Waals surface area contributed by atoms with Gasteiger partial charge in [0.15, 0.2) is 11.0 Å². The van der Waals surface area contributed by atoms with Crippen LogP contribution < -0.4 is 5.73 Å². The van der Waals surface area contributed by atoms with Crippen LogP contribution >= 0.6 is 19.2 Å². The quantitative estimate of drug-likeness (QED) is 0.801. The van der Waals surface area contributed by atoms with E-state index < -0.39 is 13.4 Å². The van der Waals surface area contributed by atoms with Gasteiger partial charge in [-0.05, 0) is 37.6 Å². The van der Waals surface area contributed by atoms with Crippen molar-refractivity contribution in [2.45, 2.75) is 19.6 Å². The average molecular weight is 268 g/mol. The smallest absolute Gasteiger partial charge is 0.354 e. The zero-order valence-electron chi connectivity index (χ0n) is 9.18. The minimum atomic E-state index is -3.39. The second-order valence-corrected chi connectivity index (χ2v) is 5.49. The molecule has 92 valence electrons. The molecule has 5 nitrogen and oxygen atoms in total. The Bertz CT molecular complexity index is 371. The largest absolute Gasteiger partial charge is 0.447 e. The molecule has 0 spiro atoms. The topological polar surface area (TPSA) is 74.7 Å². The van der Waals surface area contributed by atoms with Crippen molar-refractivity contribution in [2.75, 3.05) is 13.2 Å². The summed E-state index contributed by atoms with van der Waals surface area (Å²) in [5.74, 6) is -0.671. The van der Waals surface area contributed by atoms with Crippen molar-refractivity contribution in [3.05, 3.63) is 23.1 Å². The normalized spacial score (nSPS) is 14.0. The summed E-state index contributed by atoms with van der Waals surface area (Å²) in [5, 5.41) is 0.185. The summed E-state index contributed by atoms with van der Waals surface area (Å²) < 4.78 is 27.5. The van der Waals surface area contributed by atoms with E-state index >= 15 is 0 Å². The molecule has 0 aliphatic carbocycles. The van der Waals surface area contributed by atoms with E-state index in [1.165, 1.54) is 6.07 Å². The molecule has 0 aliphatic heterocycles. The maximum atomic E-state index is 12.3. The van der Waals surface area contributed by atoms with Gasteiger partial charge >= 0.3 is 7.60 Å². The summed E-state index contributed by atoms with van der Waals surface area (Å²) >= 11 is 5.62. The minimum absolute atomic E-state index is 0.185. The Labute approximate surface area is 99.4 Å². The molecular formula is C9H15ClNO4P. The van der Waals surface area contributed by atoms with Gasteiger partial charge in [-0.3, -0.25) is 4.57 Å². The first kappa shape index (κ1) is 13.7. The first-order chi connectivity index (χ1) is 7.53. The number of nitrogens with two attached hydrogens (primary N) is 1. The average Bonchev–Trinajstić information content (AvgIpc) is 2.64. The molecule has 16 heavy (non-hydrogen) atoms. The molecule has 0 aliphatic rings. The van der Waals surface area contributed by atoms with Crippen LogP contribution in [0.15, 0.2) is 16.5 Å². The number of halogens is 1. The molecule has 0 amide bonds. The van der Waals surface area contributed by atoms with Crippen LogP contribution in [0.25, 0.3) is 0 Å². The lowest BCUT2D eigenvalue weighted by Gasteiger charge is -2.21. The molecule has 1 rings (SSSR count). The number of hydrogen-bond acceptors (Lipinski definition) is 5. The van der Waals surface area contributed by atoms with E-state index in [1.54, 1.807) is 19.9 Å². The van der Waals surface area contributed by atoms with Crippen molar-refractivity contribution in [1.29, 1.82) is 0 Å². The zero-order chi connectivity index (χ0) is 12.2. The van der Waals surface area contributed by atoms with Crippen LogP contribution in [0.1, 0.15) is 25.4 Å². The highest BCUT2D eigenvalue weighted by Crippen LogP contribution is 2.58. The van der Waals surface area contributed by atoms with E-state index in [0.29, 0.717) is 0 Å². The first-order valence-electron chi connectivity index (χ1n) is 4.93. The fraction of sp³-hybridized carbons (Fsp3) is 0.556. The van der Waals surface area contributed by atoms with Crippen LogP contribution in [0.4, 0.5) is 0 Å². The molecular weight excluding hydrogens is 253 g/mol. The summed E-state index contributed by atoms with van der Waals surface area (Å²) in [6.45, 7) is 3.93. The highest BCUT2D eigenvalue weighted by Gasteiger charge is 2.36. The SMILES string of the molecule is CCOP(=O)(OCC)[C@@H](N)c1ccc(Cl)o1. The van der Waals surface area contributed by atoms with Gasteiger partial charge in [0.05, 0.1) is 13.2 Å². The van der Waals surface area contributed by atoms with Gasteiger partial charge < -0.3 is 19.2 Å². The Kier molecular flexibility index (Phi) is 5.02. The van der Waals surface area contributed by atoms with Crippen LogP contribution in [0, 0.1) is 0 Å². The Hall–Kier alpha value is -0.320. The van der Waals surface area contributed by atoms with Crippen LogP contribution in [0.5, 0.6) is 0 Å². The van der Waals surface area contributed by atoms with Crippen LogP contribution in [-0.2, 0) is 13.6 Å². The van der Waals surface area contributed by atoms with Crippen LogP contribution in [-0.4, -0.2) is 13.2 Å². The van der Waals surface area contributed by atoms with E-state index in [4.69, 9.17) is 30.8 Å². The fourth-order valence-corrected chi connectivity index (χ4v) is 2.92. The lowest BCUT2D eigenvalue weighted by Crippen LogP contribution is -2.14. The van der Waals surface area contributed by atoms with Gasteiger partial charge in [0.25, 0.3) is 0 Å². The molecule has 0 bridgehead atoms. The highest BCUT2D eigenvalue weighted by molar-refractivity contribution is 7.54. The predicted octanol–water partition coefficient (Wildman–Crippen LogP) is 3.16. The molecule has 1 aromatic rings. The molecule has 0 aromatic carbocycles. The summed E-state index contributed by atoms with van der Waals surface area (Å²) in [4.78, 5) is 0. The van der Waals surface area contributed by atoms with Crippen LogP contribution in [0.2, 0.25) is 5.22 Å². The van der Waals surface area contributed by atoms with Crippen molar-refractivity contribution in [3.8, 4) is 0 Å². The monoisotopic (exact) mass is 267 g/mol. The minimum Gasteiger partial charge on any atom is -0.447 e. The molecule has 1 atom stereocenters. The standard InChI is InChI=1S/C9H15ClNO4P/c1-3-13-16(12,14-4-2)9(11)7-5-6-8(10)15-7/h5-6,9H,3-4,11H2,1-2H3/t9-/m1/s1. The third-order valence-corrected chi connectivity index (χ3v) is 4.22. The van der Waals surface area contributed by atoms with Gasteiger partial charge in [-0.15, -0.1) is 0 Å². The van der Waals surface area contributed by atoms with Crippen molar-refractivity contribution >= 4 is 19.2 Å². The molecule has 0 fully saturated rings.